The van der Waals surface area contributed by atoms with Gasteiger partial charge in [0.15, 0.2) is 0 Å². The van der Waals surface area contributed by atoms with Gasteiger partial charge in [0, 0.05) is 35.0 Å². The van der Waals surface area contributed by atoms with E-state index in [1.54, 1.807) is 11.8 Å². The smallest absolute Gasteiger partial charge is 0.139 e. The fourth-order valence-electron chi connectivity index (χ4n) is 2.93. The van der Waals surface area contributed by atoms with Gasteiger partial charge >= 0.3 is 0 Å². The molecule has 28 heavy (non-hydrogen) atoms. The summed E-state index contributed by atoms with van der Waals surface area (Å²) in [4.78, 5) is 20.5. The molecule has 0 radical (unpaired) electrons. The van der Waals surface area contributed by atoms with Crippen molar-refractivity contribution in [3.05, 3.63) is 54.1 Å². The standard InChI is InChI=1S/C21H25N3O3S/c25-13-12-24(11-9-22-10-15-27-16-14-26)21-17-5-1-3-7-19(17)28-20-8-4-2-6-18(20)23-21/h1-8,13,22,26H,9-12,14-16H2. The monoisotopic (exact) mass is 399 g/mol. The first-order valence-corrected chi connectivity index (χ1v) is 10.2. The molecule has 6 nitrogen and oxygen atoms in total. The lowest BCUT2D eigenvalue weighted by atomic mass is 10.1. The van der Waals surface area contributed by atoms with E-state index in [1.807, 2.05) is 35.2 Å². The number of aliphatic hydroxyl groups excluding tert-OH is 1. The van der Waals surface area contributed by atoms with E-state index in [4.69, 9.17) is 14.8 Å². The first-order valence-electron chi connectivity index (χ1n) is 9.36. The second kappa shape index (κ2) is 11.0. The molecule has 2 aromatic rings. The summed E-state index contributed by atoms with van der Waals surface area (Å²) in [6.45, 7) is 3.25. The van der Waals surface area contributed by atoms with Crippen LogP contribution in [0.5, 0.6) is 0 Å². The van der Waals surface area contributed by atoms with Gasteiger partial charge in [-0.05, 0) is 18.2 Å². The van der Waals surface area contributed by atoms with Crippen LogP contribution in [0.15, 0.2) is 63.3 Å². The number of nitrogens with zero attached hydrogens (tertiary/aromatic N) is 2. The molecule has 2 N–H and O–H groups in total. The van der Waals surface area contributed by atoms with Crippen LogP contribution in [0.4, 0.5) is 5.69 Å². The Morgan fingerprint density at radius 3 is 2.68 bits per heavy atom. The highest BCUT2D eigenvalue weighted by Crippen LogP contribution is 2.40. The number of amidine groups is 1. The van der Waals surface area contributed by atoms with E-state index in [-0.39, 0.29) is 13.2 Å². The number of hydrogen-bond donors (Lipinski definition) is 2. The van der Waals surface area contributed by atoms with E-state index in [0.29, 0.717) is 32.8 Å². The number of hydrogen-bond acceptors (Lipinski definition) is 7. The highest BCUT2D eigenvalue weighted by atomic mass is 32.2. The zero-order valence-corrected chi connectivity index (χ0v) is 16.5. The molecular formula is C21H25N3O3S. The highest BCUT2D eigenvalue weighted by Gasteiger charge is 2.21. The Labute approximate surface area is 169 Å². The van der Waals surface area contributed by atoms with Crippen LogP contribution in [0.2, 0.25) is 0 Å². The van der Waals surface area contributed by atoms with Gasteiger partial charge in [-0.1, -0.05) is 42.1 Å². The number of rotatable bonds is 10. The number of carbonyl (C=O) groups excluding carboxylic acids is 1. The zero-order valence-electron chi connectivity index (χ0n) is 15.7. The van der Waals surface area contributed by atoms with Crippen molar-refractivity contribution in [1.82, 2.24) is 10.2 Å². The Hall–Kier alpha value is -2.19. The fourth-order valence-corrected chi connectivity index (χ4v) is 3.95. The summed E-state index contributed by atoms with van der Waals surface area (Å²) in [6, 6.07) is 16.2. The second-order valence-corrected chi connectivity index (χ2v) is 7.28. The third-order valence-corrected chi connectivity index (χ3v) is 5.39. The Morgan fingerprint density at radius 1 is 1.07 bits per heavy atom. The van der Waals surface area contributed by atoms with E-state index >= 15 is 0 Å². The number of para-hydroxylation sites is 1. The fraction of sp³-hybridized carbons (Fsp3) is 0.333. The molecular weight excluding hydrogens is 374 g/mol. The third-order valence-electron chi connectivity index (χ3n) is 4.25. The molecule has 0 amide bonds. The van der Waals surface area contributed by atoms with Gasteiger partial charge in [-0.2, -0.15) is 0 Å². The van der Waals surface area contributed by atoms with Crippen LogP contribution in [-0.4, -0.2) is 68.1 Å². The maximum atomic E-state index is 11.3. The van der Waals surface area contributed by atoms with Gasteiger partial charge in [-0.3, -0.25) is 0 Å². The Bertz CT molecular complexity index is 813. The van der Waals surface area contributed by atoms with E-state index in [1.165, 1.54) is 0 Å². The van der Waals surface area contributed by atoms with Gasteiger partial charge in [0.2, 0.25) is 0 Å². The van der Waals surface area contributed by atoms with Crippen LogP contribution in [0, 0.1) is 0 Å². The number of aldehydes is 1. The summed E-state index contributed by atoms with van der Waals surface area (Å²) in [6.07, 6.45) is 0.916. The molecule has 0 spiro atoms. The van der Waals surface area contributed by atoms with Crippen LogP contribution in [0.1, 0.15) is 5.56 Å². The minimum absolute atomic E-state index is 0.0336. The van der Waals surface area contributed by atoms with Crippen molar-refractivity contribution in [1.29, 1.82) is 0 Å². The summed E-state index contributed by atoms with van der Waals surface area (Å²) >= 11 is 1.70. The summed E-state index contributed by atoms with van der Waals surface area (Å²) < 4.78 is 5.25. The molecule has 1 aliphatic heterocycles. The summed E-state index contributed by atoms with van der Waals surface area (Å²) in [5.41, 5.74) is 1.96. The average molecular weight is 400 g/mol. The lowest BCUT2D eigenvalue weighted by molar-refractivity contribution is -0.108. The van der Waals surface area contributed by atoms with Crippen LogP contribution < -0.4 is 5.32 Å². The highest BCUT2D eigenvalue weighted by molar-refractivity contribution is 7.99. The van der Waals surface area contributed by atoms with E-state index in [0.717, 1.165) is 33.2 Å². The van der Waals surface area contributed by atoms with Gasteiger partial charge in [-0.25, -0.2) is 4.99 Å². The molecule has 0 aliphatic carbocycles. The van der Waals surface area contributed by atoms with Gasteiger partial charge in [0.1, 0.15) is 12.1 Å². The van der Waals surface area contributed by atoms with Gasteiger partial charge in [-0.15, -0.1) is 0 Å². The normalized spacial score (nSPS) is 12.5. The van der Waals surface area contributed by atoms with E-state index in [2.05, 4.69) is 23.5 Å². The quantitative estimate of drug-likeness (QED) is 0.472. The van der Waals surface area contributed by atoms with Crippen molar-refractivity contribution < 1.29 is 14.6 Å². The van der Waals surface area contributed by atoms with Gasteiger partial charge < -0.3 is 24.9 Å². The van der Waals surface area contributed by atoms with Crippen LogP contribution >= 0.6 is 11.8 Å². The molecule has 0 atom stereocenters. The predicted molar refractivity (Wildman–Crippen MR) is 112 cm³/mol. The summed E-state index contributed by atoms with van der Waals surface area (Å²) in [5, 5.41) is 12.0. The van der Waals surface area contributed by atoms with Crippen LogP contribution in [0.3, 0.4) is 0 Å². The lowest BCUT2D eigenvalue weighted by Gasteiger charge is -2.25. The van der Waals surface area contributed by atoms with Crippen molar-refractivity contribution in [2.75, 3.05) is 46.0 Å². The van der Waals surface area contributed by atoms with Crippen molar-refractivity contribution in [3.8, 4) is 0 Å². The number of benzene rings is 2. The van der Waals surface area contributed by atoms with Crippen molar-refractivity contribution in [2.24, 2.45) is 4.99 Å². The average Bonchev–Trinajstić information content (AvgIpc) is 2.89. The molecule has 0 unspecified atom stereocenters. The first-order chi connectivity index (χ1) is 13.8. The Kier molecular flexibility index (Phi) is 8.05. The second-order valence-electron chi connectivity index (χ2n) is 6.20. The minimum atomic E-state index is 0.0336. The number of aliphatic hydroxyl groups is 1. The Morgan fingerprint density at radius 2 is 1.86 bits per heavy atom. The molecule has 148 valence electrons. The minimum Gasteiger partial charge on any atom is -0.394 e. The number of ether oxygens (including phenoxy) is 1. The molecule has 3 rings (SSSR count). The van der Waals surface area contributed by atoms with Gasteiger partial charge in [0.25, 0.3) is 0 Å². The first kappa shape index (κ1) is 20.5. The molecule has 1 aliphatic rings. The van der Waals surface area contributed by atoms with Gasteiger partial charge in [0.05, 0.1) is 32.1 Å². The third kappa shape index (κ3) is 5.42. The van der Waals surface area contributed by atoms with E-state index in [9.17, 15) is 4.79 Å². The lowest BCUT2D eigenvalue weighted by Crippen LogP contribution is -2.39. The maximum Gasteiger partial charge on any atom is 0.139 e. The van der Waals surface area contributed by atoms with Crippen LogP contribution in [-0.2, 0) is 9.53 Å². The molecule has 7 heteroatoms. The summed E-state index contributed by atoms with van der Waals surface area (Å²) in [7, 11) is 0. The number of aliphatic imine (C=N–C) groups is 1. The molecule has 2 aromatic carbocycles. The molecule has 0 saturated heterocycles. The maximum absolute atomic E-state index is 11.3. The number of nitrogens with one attached hydrogen (secondary N) is 1. The number of fused-ring (bicyclic) bond motifs is 2. The molecule has 0 aromatic heterocycles. The predicted octanol–water partition coefficient (Wildman–Crippen LogP) is 2.33. The number of carbonyl (C=O) groups is 1. The molecule has 0 saturated carbocycles. The molecule has 0 fully saturated rings. The zero-order chi connectivity index (χ0) is 19.6. The SMILES string of the molecule is O=CCN(CCNCCOCCO)C1=Nc2ccccc2Sc2ccccc21. The summed E-state index contributed by atoms with van der Waals surface area (Å²) in [5.74, 6) is 0.818. The molecule has 1 heterocycles. The molecule has 0 bridgehead atoms. The van der Waals surface area contributed by atoms with Crippen molar-refractivity contribution in [3.63, 3.8) is 0 Å². The van der Waals surface area contributed by atoms with Crippen LogP contribution in [0.25, 0.3) is 0 Å². The Balaban J connectivity index is 1.76. The van der Waals surface area contributed by atoms with E-state index < -0.39 is 0 Å². The van der Waals surface area contributed by atoms with Crippen molar-refractivity contribution >= 4 is 29.6 Å². The largest absolute Gasteiger partial charge is 0.394 e. The van der Waals surface area contributed by atoms with Crippen molar-refractivity contribution in [2.45, 2.75) is 9.79 Å². The topological polar surface area (TPSA) is 74.2 Å².